The van der Waals surface area contributed by atoms with E-state index in [1.54, 1.807) is 0 Å². The largest absolute Gasteiger partial charge is 0.373 e. The van der Waals surface area contributed by atoms with Crippen LogP contribution in [0.15, 0.2) is 41.4 Å². The van der Waals surface area contributed by atoms with Gasteiger partial charge < -0.3 is 15.4 Å². The summed E-state index contributed by atoms with van der Waals surface area (Å²) in [6, 6.07) is 13.1. The van der Waals surface area contributed by atoms with Gasteiger partial charge in [-0.25, -0.2) is 0 Å². The Morgan fingerprint density at radius 1 is 1.15 bits per heavy atom. The molecule has 0 radical (unpaired) electrons. The second-order valence-electron chi connectivity index (χ2n) is 6.92. The lowest BCUT2D eigenvalue weighted by atomic mass is 9.89. The van der Waals surface area contributed by atoms with Crippen LogP contribution < -0.4 is 10.6 Å². The van der Waals surface area contributed by atoms with Crippen molar-refractivity contribution in [2.75, 3.05) is 20.2 Å². The van der Waals surface area contributed by atoms with Crippen LogP contribution in [0.1, 0.15) is 39.8 Å². The monoisotopic (exact) mass is 499 g/mol. The predicted molar refractivity (Wildman–Crippen MR) is 125 cm³/mol. The number of thiophene rings is 1. The lowest BCUT2D eigenvalue weighted by molar-refractivity contribution is -0.0265. The van der Waals surface area contributed by atoms with E-state index in [1.165, 1.54) is 27.3 Å². The number of ether oxygens (including phenoxy) is 1. The molecule has 1 aliphatic heterocycles. The minimum absolute atomic E-state index is 0. The lowest BCUT2D eigenvalue weighted by Gasteiger charge is -2.32. The number of hydrogen-bond donors (Lipinski definition) is 2. The Hall–Kier alpha value is -1.12. The molecule has 2 aromatic rings. The minimum atomic E-state index is 0. The molecular formula is C21H30IN3OS. The molecule has 0 aliphatic carbocycles. The standard InChI is InChI=1S/C21H29N3OS.HI/c1-15-6-9-17(10-7-15)20-18(5-4-12-25-20)13-23-21(22-3)24-14-19-11-8-16(2)26-19;/h6-11,18,20H,4-5,12-14H2,1-3H3,(H2,22,23,24);1H. The Labute approximate surface area is 183 Å². The first-order chi connectivity index (χ1) is 12.7. The van der Waals surface area contributed by atoms with Crippen LogP contribution in [0, 0.1) is 19.8 Å². The molecule has 0 spiro atoms. The van der Waals surface area contributed by atoms with Gasteiger partial charge in [-0.15, -0.1) is 35.3 Å². The molecule has 1 aromatic carbocycles. The Kier molecular flexibility index (Phi) is 9.05. The Morgan fingerprint density at radius 3 is 2.59 bits per heavy atom. The van der Waals surface area contributed by atoms with Crippen LogP contribution in [0.5, 0.6) is 0 Å². The van der Waals surface area contributed by atoms with Gasteiger partial charge in [0.05, 0.1) is 12.6 Å². The van der Waals surface area contributed by atoms with Crippen LogP contribution in [0.3, 0.4) is 0 Å². The van der Waals surface area contributed by atoms with Crippen molar-refractivity contribution in [2.24, 2.45) is 10.9 Å². The fraction of sp³-hybridized carbons (Fsp3) is 0.476. The first-order valence-corrected chi connectivity index (χ1v) is 10.2. The maximum absolute atomic E-state index is 6.12. The number of rotatable bonds is 5. The number of aryl methyl sites for hydroxylation is 2. The summed E-state index contributed by atoms with van der Waals surface area (Å²) in [6.07, 6.45) is 2.46. The summed E-state index contributed by atoms with van der Waals surface area (Å²) in [5, 5.41) is 6.90. The third kappa shape index (κ3) is 6.47. The molecule has 0 saturated carbocycles. The maximum atomic E-state index is 6.12. The van der Waals surface area contributed by atoms with E-state index in [9.17, 15) is 0 Å². The van der Waals surface area contributed by atoms with Gasteiger partial charge in [0.15, 0.2) is 5.96 Å². The van der Waals surface area contributed by atoms with E-state index < -0.39 is 0 Å². The molecule has 0 bridgehead atoms. The number of nitrogens with zero attached hydrogens (tertiary/aromatic N) is 1. The molecule has 27 heavy (non-hydrogen) atoms. The van der Waals surface area contributed by atoms with Crippen LogP contribution >= 0.6 is 35.3 Å². The van der Waals surface area contributed by atoms with Gasteiger partial charge in [0.2, 0.25) is 0 Å². The highest BCUT2D eigenvalue weighted by Crippen LogP contribution is 2.33. The summed E-state index contributed by atoms with van der Waals surface area (Å²) >= 11 is 1.82. The highest BCUT2D eigenvalue weighted by Gasteiger charge is 2.27. The molecule has 2 N–H and O–H groups in total. The summed E-state index contributed by atoms with van der Waals surface area (Å²) in [7, 11) is 1.82. The zero-order chi connectivity index (χ0) is 18.4. The van der Waals surface area contributed by atoms with E-state index in [0.29, 0.717) is 5.92 Å². The van der Waals surface area contributed by atoms with E-state index in [0.717, 1.165) is 32.1 Å². The molecule has 1 aliphatic rings. The van der Waals surface area contributed by atoms with Gasteiger partial charge in [0.25, 0.3) is 0 Å². The molecule has 1 aromatic heterocycles. The number of halogens is 1. The Morgan fingerprint density at radius 2 is 1.93 bits per heavy atom. The molecule has 3 rings (SSSR count). The quantitative estimate of drug-likeness (QED) is 0.353. The van der Waals surface area contributed by atoms with Crippen molar-refractivity contribution in [3.8, 4) is 0 Å². The predicted octanol–water partition coefficient (Wildman–Crippen LogP) is 4.82. The topological polar surface area (TPSA) is 45.7 Å². The normalized spacial score (nSPS) is 20.0. The third-order valence-corrected chi connectivity index (χ3v) is 5.83. The summed E-state index contributed by atoms with van der Waals surface area (Å²) in [4.78, 5) is 7.02. The summed E-state index contributed by atoms with van der Waals surface area (Å²) in [6.45, 7) is 6.77. The summed E-state index contributed by atoms with van der Waals surface area (Å²) in [5.41, 5.74) is 2.56. The zero-order valence-electron chi connectivity index (χ0n) is 16.3. The lowest BCUT2D eigenvalue weighted by Crippen LogP contribution is -2.41. The van der Waals surface area contributed by atoms with E-state index in [1.807, 2.05) is 18.4 Å². The van der Waals surface area contributed by atoms with E-state index >= 15 is 0 Å². The van der Waals surface area contributed by atoms with Gasteiger partial charge in [-0.1, -0.05) is 29.8 Å². The molecule has 0 amide bonds. The van der Waals surface area contributed by atoms with Gasteiger partial charge >= 0.3 is 0 Å². The van der Waals surface area contributed by atoms with Crippen molar-refractivity contribution >= 4 is 41.3 Å². The van der Waals surface area contributed by atoms with E-state index in [-0.39, 0.29) is 30.1 Å². The van der Waals surface area contributed by atoms with Gasteiger partial charge in [0, 0.05) is 35.9 Å². The number of hydrogen-bond acceptors (Lipinski definition) is 3. The summed E-state index contributed by atoms with van der Waals surface area (Å²) in [5.74, 6) is 1.30. The van der Waals surface area contributed by atoms with Gasteiger partial charge in [0.1, 0.15) is 0 Å². The van der Waals surface area contributed by atoms with Crippen molar-refractivity contribution in [3.05, 3.63) is 57.3 Å². The highest BCUT2D eigenvalue weighted by atomic mass is 127. The van der Waals surface area contributed by atoms with Crippen molar-refractivity contribution in [3.63, 3.8) is 0 Å². The van der Waals surface area contributed by atoms with Gasteiger partial charge in [-0.2, -0.15) is 0 Å². The highest BCUT2D eigenvalue weighted by molar-refractivity contribution is 14.0. The molecular weight excluding hydrogens is 469 g/mol. The molecule has 1 saturated heterocycles. The zero-order valence-corrected chi connectivity index (χ0v) is 19.5. The SMILES string of the molecule is CN=C(NCc1ccc(C)s1)NCC1CCCOC1c1ccc(C)cc1.I. The Balaban J connectivity index is 0.00000261. The van der Waals surface area contributed by atoms with Gasteiger partial charge in [-0.05, 0) is 44.4 Å². The minimum Gasteiger partial charge on any atom is -0.373 e. The van der Waals surface area contributed by atoms with Crippen molar-refractivity contribution in [2.45, 2.75) is 39.3 Å². The second kappa shape index (κ2) is 11.0. The first kappa shape index (κ1) is 22.2. The average Bonchev–Trinajstić information content (AvgIpc) is 3.08. The molecule has 148 valence electrons. The Bertz CT molecular complexity index is 729. The molecule has 4 nitrogen and oxygen atoms in total. The average molecular weight is 499 g/mol. The van der Waals surface area contributed by atoms with Gasteiger partial charge in [-0.3, -0.25) is 4.99 Å². The number of nitrogens with one attached hydrogen (secondary N) is 2. The van der Waals surface area contributed by atoms with Crippen LogP contribution in [0.25, 0.3) is 0 Å². The number of aliphatic imine (C=N–C) groups is 1. The smallest absolute Gasteiger partial charge is 0.191 e. The fourth-order valence-electron chi connectivity index (χ4n) is 3.38. The van der Waals surface area contributed by atoms with Crippen molar-refractivity contribution in [1.29, 1.82) is 0 Å². The number of benzene rings is 1. The third-order valence-electron chi connectivity index (χ3n) is 4.83. The molecule has 2 unspecified atom stereocenters. The maximum Gasteiger partial charge on any atom is 0.191 e. The molecule has 2 heterocycles. The van der Waals surface area contributed by atoms with Crippen LogP contribution in [-0.4, -0.2) is 26.2 Å². The molecule has 1 fully saturated rings. The van der Waals surface area contributed by atoms with Crippen LogP contribution in [-0.2, 0) is 11.3 Å². The summed E-state index contributed by atoms with van der Waals surface area (Å²) < 4.78 is 6.12. The second-order valence-corrected chi connectivity index (χ2v) is 8.30. The van der Waals surface area contributed by atoms with Crippen LogP contribution in [0.2, 0.25) is 0 Å². The molecule has 6 heteroatoms. The molecule has 2 atom stereocenters. The van der Waals surface area contributed by atoms with Crippen molar-refractivity contribution < 1.29 is 4.74 Å². The fourth-order valence-corrected chi connectivity index (χ4v) is 4.21. The first-order valence-electron chi connectivity index (χ1n) is 9.33. The number of guanidine groups is 1. The van der Waals surface area contributed by atoms with Crippen LogP contribution in [0.4, 0.5) is 0 Å². The van der Waals surface area contributed by atoms with E-state index in [4.69, 9.17) is 4.74 Å². The van der Waals surface area contributed by atoms with E-state index in [2.05, 4.69) is 65.9 Å². The van der Waals surface area contributed by atoms with Crippen molar-refractivity contribution in [1.82, 2.24) is 10.6 Å².